The topological polar surface area (TPSA) is 61.2 Å². The summed E-state index contributed by atoms with van der Waals surface area (Å²) in [5, 5.41) is 0. The third kappa shape index (κ3) is 3.53. The number of nitrogens with zero attached hydrogens (tertiary/aromatic N) is 2. The Balaban J connectivity index is 2.26. The van der Waals surface area contributed by atoms with Crippen LogP contribution < -0.4 is 4.74 Å². The first-order valence-corrected chi connectivity index (χ1v) is 8.89. The van der Waals surface area contributed by atoms with Crippen molar-refractivity contribution >= 4 is 35.7 Å². The summed E-state index contributed by atoms with van der Waals surface area (Å²) >= 11 is 3.21. The first-order chi connectivity index (χ1) is 9.41. The zero-order valence-corrected chi connectivity index (χ0v) is 13.7. The predicted molar refractivity (Wildman–Crippen MR) is 79.4 cm³/mol. The summed E-state index contributed by atoms with van der Waals surface area (Å²) in [5.41, 5.74) is 0. The lowest BCUT2D eigenvalue weighted by molar-refractivity contribution is 0.282. The molecule has 5 nitrogen and oxygen atoms in total. The number of benzene rings is 1. The summed E-state index contributed by atoms with van der Waals surface area (Å²) in [7, 11) is 1.53. The molecule has 0 atom stereocenters. The Morgan fingerprint density at radius 1 is 1.45 bits per heavy atom. The van der Waals surface area contributed by atoms with Crippen molar-refractivity contribution in [2.75, 3.05) is 0 Å². The summed E-state index contributed by atoms with van der Waals surface area (Å²) in [4.78, 5) is 4.09. The molecule has 0 N–H and O–H groups in total. The number of hydrogen-bond donors (Lipinski definition) is 0. The SMILES string of the molecule is CCn1ccnc1COc1ccc(Br)cc1S(=O)(=O)Cl. The van der Waals surface area contributed by atoms with Crippen LogP contribution in [0.3, 0.4) is 0 Å². The van der Waals surface area contributed by atoms with E-state index in [0.29, 0.717) is 10.3 Å². The van der Waals surface area contributed by atoms with Gasteiger partial charge in [-0.2, -0.15) is 0 Å². The molecule has 0 saturated heterocycles. The Labute approximate surface area is 130 Å². The molecule has 1 aromatic heterocycles. The number of rotatable bonds is 5. The molecule has 20 heavy (non-hydrogen) atoms. The fraction of sp³-hybridized carbons (Fsp3) is 0.250. The van der Waals surface area contributed by atoms with Crippen LogP contribution >= 0.6 is 26.6 Å². The van der Waals surface area contributed by atoms with Crippen LogP contribution in [0.4, 0.5) is 0 Å². The highest BCUT2D eigenvalue weighted by Crippen LogP contribution is 2.30. The van der Waals surface area contributed by atoms with Gasteiger partial charge in [-0.25, -0.2) is 13.4 Å². The third-order valence-corrected chi connectivity index (χ3v) is 4.50. The van der Waals surface area contributed by atoms with Gasteiger partial charge in [0.05, 0.1) is 0 Å². The van der Waals surface area contributed by atoms with Crippen molar-refractivity contribution in [2.45, 2.75) is 25.0 Å². The van der Waals surface area contributed by atoms with E-state index in [1.165, 1.54) is 6.07 Å². The van der Waals surface area contributed by atoms with Crippen molar-refractivity contribution in [1.82, 2.24) is 9.55 Å². The number of aryl methyl sites for hydroxylation is 1. The van der Waals surface area contributed by atoms with Gasteiger partial charge in [-0.1, -0.05) is 15.9 Å². The van der Waals surface area contributed by atoms with Gasteiger partial charge in [0, 0.05) is 34.1 Å². The Morgan fingerprint density at radius 2 is 2.20 bits per heavy atom. The second-order valence-electron chi connectivity index (χ2n) is 3.95. The summed E-state index contributed by atoms with van der Waals surface area (Å²) in [6.45, 7) is 2.92. The Kier molecular flexibility index (Phi) is 4.72. The molecule has 0 fully saturated rings. The van der Waals surface area contributed by atoms with Gasteiger partial charge >= 0.3 is 0 Å². The van der Waals surface area contributed by atoms with Crippen molar-refractivity contribution in [2.24, 2.45) is 0 Å². The van der Waals surface area contributed by atoms with Crippen molar-refractivity contribution in [3.05, 3.63) is 40.9 Å². The largest absolute Gasteiger partial charge is 0.484 e. The average molecular weight is 380 g/mol. The Morgan fingerprint density at radius 3 is 2.85 bits per heavy atom. The first-order valence-electron chi connectivity index (χ1n) is 5.79. The highest BCUT2D eigenvalue weighted by Gasteiger charge is 2.18. The normalized spacial score (nSPS) is 11.6. The van der Waals surface area contributed by atoms with Gasteiger partial charge in [0.1, 0.15) is 23.1 Å². The summed E-state index contributed by atoms with van der Waals surface area (Å²) in [5.74, 6) is 0.919. The molecule has 2 aromatic rings. The van der Waals surface area contributed by atoms with E-state index in [2.05, 4.69) is 20.9 Å². The molecule has 0 aliphatic heterocycles. The third-order valence-electron chi connectivity index (χ3n) is 2.67. The summed E-state index contributed by atoms with van der Waals surface area (Å²) in [6, 6.07) is 4.65. The summed E-state index contributed by atoms with van der Waals surface area (Å²) < 4.78 is 31.1. The summed E-state index contributed by atoms with van der Waals surface area (Å²) in [6.07, 6.45) is 3.50. The van der Waals surface area contributed by atoms with Crippen molar-refractivity contribution < 1.29 is 13.2 Å². The minimum atomic E-state index is -3.87. The van der Waals surface area contributed by atoms with Gasteiger partial charge in [0.15, 0.2) is 0 Å². The molecule has 0 aliphatic carbocycles. The van der Waals surface area contributed by atoms with Gasteiger partial charge in [-0.15, -0.1) is 0 Å². The van der Waals surface area contributed by atoms with E-state index < -0.39 is 9.05 Å². The molecule has 0 bridgehead atoms. The lowest BCUT2D eigenvalue weighted by Gasteiger charge is -2.10. The Bertz CT molecular complexity index is 715. The molecule has 0 spiro atoms. The van der Waals surface area contributed by atoms with Crippen molar-refractivity contribution in [3.63, 3.8) is 0 Å². The number of hydrogen-bond acceptors (Lipinski definition) is 4. The van der Waals surface area contributed by atoms with Crippen LogP contribution in [-0.4, -0.2) is 18.0 Å². The van der Waals surface area contributed by atoms with Crippen LogP contribution in [0.1, 0.15) is 12.7 Å². The lowest BCUT2D eigenvalue weighted by Crippen LogP contribution is -2.07. The number of ether oxygens (including phenoxy) is 1. The second kappa shape index (κ2) is 6.15. The quantitative estimate of drug-likeness (QED) is 0.749. The van der Waals surface area contributed by atoms with E-state index in [4.69, 9.17) is 15.4 Å². The smallest absolute Gasteiger partial charge is 0.265 e. The van der Waals surface area contributed by atoms with Gasteiger partial charge < -0.3 is 9.30 Å². The molecule has 0 radical (unpaired) electrons. The Hall–Kier alpha value is -1.05. The van der Waals surface area contributed by atoms with E-state index in [9.17, 15) is 8.42 Å². The van der Waals surface area contributed by atoms with Crippen LogP contribution in [0.25, 0.3) is 0 Å². The van der Waals surface area contributed by atoms with E-state index in [1.54, 1.807) is 18.3 Å². The van der Waals surface area contributed by atoms with E-state index in [1.807, 2.05) is 17.7 Å². The fourth-order valence-electron chi connectivity index (χ4n) is 1.70. The van der Waals surface area contributed by atoms with E-state index in [-0.39, 0.29) is 17.3 Å². The average Bonchev–Trinajstić information content (AvgIpc) is 2.83. The fourth-order valence-corrected chi connectivity index (χ4v) is 3.21. The molecule has 2 rings (SSSR count). The standard InChI is InChI=1S/C12H12BrClN2O3S/c1-2-16-6-5-15-12(16)8-19-10-4-3-9(13)7-11(10)20(14,17)18/h3-7H,2,8H2,1H3. The monoisotopic (exact) mass is 378 g/mol. The molecule has 108 valence electrons. The van der Waals surface area contributed by atoms with Gasteiger partial charge in [-0.05, 0) is 25.1 Å². The highest BCUT2D eigenvalue weighted by molar-refractivity contribution is 9.10. The van der Waals surface area contributed by atoms with Crippen LogP contribution in [0, 0.1) is 0 Å². The van der Waals surface area contributed by atoms with Gasteiger partial charge in [-0.3, -0.25) is 0 Å². The molecular weight excluding hydrogens is 368 g/mol. The zero-order valence-electron chi connectivity index (χ0n) is 10.6. The maximum Gasteiger partial charge on any atom is 0.265 e. The van der Waals surface area contributed by atoms with Crippen LogP contribution in [0.2, 0.25) is 0 Å². The predicted octanol–water partition coefficient (Wildman–Crippen LogP) is 3.17. The number of aromatic nitrogens is 2. The minimum Gasteiger partial charge on any atom is -0.484 e. The van der Waals surface area contributed by atoms with E-state index in [0.717, 1.165) is 6.54 Å². The van der Waals surface area contributed by atoms with Gasteiger partial charge in [0.25, 0.3) is 9.05 Å². The first kappa shape index (κ1) is 15.3. The van der Waals surface area contributed by atoms with Crippen LogP contribution in [0.5, 0.6) is 5.75 Å². The zero-order chi connectivity index (χ0) is 14.8. The minimum absolute atomic E-state index is 0.0665. The maximum atomic E-state index is 11.5. The van der Waals surface area contributed by atoms with Crippen molar-refractivity contribution in [1.29, 1.82) is 0 Å². The molecule has 0 amide bonds. The number of imidazole rings is 1. The molecule has 1 heterocycles. The molecule has 0 unspecified atom stereocenters. The van der Waals surface area contributed by atoms with E-state index >= 15 is 0 Å². The molecule has 0 aliphatic rings. The van der Waals surface area contributed by atoms with Crippen molar-refractivity contribution in [3.8, 4) is 5.75 Å². The second-order valence-corrected chi connectivity index (χ2v) is 7.40. The van der Waals surface area contributed by atoms with Crippen LogP contribution in [0.15, 0.2) is 40.0 Å². The maximum absolute atomic E-state index is 11.5. The molecule has 8 heteroatoms. The highest BCUT2D eigenvalue weighted by atomic mass is 79.9. The number of halogens is 2. The van der Waals surface area contributed by atoms with Crippen LogP contribution in [-0.2, 0) is 22.2 Å². The van der Waals surface area contributed by atoms with Gasteiger partial charge in [0.2, 0.25) is 0 Å². The molecular formula is C12H12BrClN2O3S. The molecule has 1 aromatic carbocycles. The lowest BCUT2D eigenvalue weighted by atomic mass is 10.3. The molecule has 0 saturated carbocycles.